The molecule has 6 heteroatoms. The summed E-state index contributed by atoms with van der Waals surface area (Å²) in [6, 6.07) is 3.53. The van der Waals surface area contributed by atoms with Crippen LogP contribution in [0.15, 0.2) is 12.1 Å². The zero-order valence-corrected chi connectivity index (χ0v) is 12.8. The molecule has 3 N–H and O–H groups in total. The maximum absolute atomic E-state index is 12.4. The van der Waals surface area contributed by atoms with Crippen LogP contribution in [-0.2, 0) is 6.42 Å². The van der Waals surface area contributed by atoms with Crippen molar-refractivity contribution in [1.29, 1.82) is 0 Å². The Hall–Kier alpha value is -1.66. The van der Waals surface area contributed by atoms with Gasteiger partial charge in [0.25, 0.3) is 5.91 Å². The number of aromatic nitrogens is 1. The van der Waals surface area contributed by atoms with Crippen molar-refractivity contribution >= 4 is 11.7 Å². The molecular weight excluding hydrogens is 254 g/mol. The monoisotopic (exact) mass is 279 g/mol. The molecule has 0 unspecified atom stereocenters. The number of nitrogens with one attached hydrogen (secondary N) is 1. The number of carbonyl (C=O) groups excluding carboxylic acids is 1. The van der Waals surface area contributed by atoms with Crippen molar-refractivity contribution in [3.8, 4) is 0 Å². The van der Waals surface area contributed by atoms with Crippen molar-refractivity contribution in [2.45, 2.75) is 19.8 Å². The van der Waals surface area contributed by atoms with Gasteiger partial charge in [-0.1, -0.05) is 13.3 Å². The molecule has 0 saturated heterocycles. The predicted octanol–water partition coefficient (Wildman–Crippen LogP) is 0.953. The number of rotatable bonds is 7. The summed E-state index contributed by atoms with van der Waals surface area (Å²) in [7, 11) is 5.78. The smallest absolute Gasteiger partial charge is 0.253 e. The standard InChI is InChI=1S/C14H25N5O/c1-5-6-12-9-11(10-13(16-12)17-15)14(20)19(4)8-7-18(2)3/h9-10H,5-8,15H2,1-4H3,(H,16,17). The normalized spacial score (nSPS) is 10.7. The molecular formula is C14H25N5O. The number of nitrogens with two attached hydrogens (primary N) is 1. The lowest BCUT2D eigenvalue weighted by atomic mass is 10.1. The molecule has 112 valence electrons. The number of nitrogens with zero attached hydrogens (tertiary/aromatic N) is 3. The van der Waals surface area contributed by atoms with E-state index in [1.54, 1.807) is 18.0 Å². The first kappa shape index (κ1) is 16.4. The van der Waals surface area contributed by atoms with Gasteiger partial charge in [-0.2, -0.15) is 0 Å². The molecule has 0 aliphatic rings. The molecule has 1 amide bonds. The van der Waals surface area contributed by atoms with Crippen LogP contribution in [0, 0.1) is 0 Å². The summed E-state index contributed by atoms with van der Waals surface area (Å²) in [5, 5.41) is 0. The molecule has 0 aliphatic heterocycles. The van der Waals surface area contributed by atoms with Gasteiger partial charge in [-0.05, 0) is 32.6 Å². The summed E-state index contributed by atoms with van der Waals surface area (Å²) < 4.78 is 0. The number of anilines is 1. The first-order valence-corrected chi connectivity index (χ1v) is 6.85. The van der Waals surface area contributed by atoms with Gasteiger partial charge in [0.05, 0.1) is 0 Å². The fourth-order valence-electron chi connectivity index (χ4n) is 1.84. The van der Waals surface area contributed by atoms with Crippen LogP contribution in [0.3, 0.4) is 0 Å². The van der Waals surface area contributed by atoms with E-state index >= 15 is 0 Å². The Morgan fingerprint density at radius 1 is 1.30 bits per heavy atom. The fraction of sp³-hybridized carbons (Fsp3) is 0.571. The summed E-state index contributed by atoms with van der Waals surface area (Å²) in [6.45, 7) is 3.59. The summed E-state index contributed by atoms with van der Waals surface area (Å²) in [5.41, 5.74) is 4.02. The van der Waals surface area contributed by atoms with Crippen molar-refractivity contribution in [1.82, 2.24) is 14.8 Å². The van der Waals surface area contributed by atoms with E-state index in [0.29, 0.717) is 17.9 Å². The van der Waals surface area contributed by atoms with Crippen LogP contribution in [0.1, 0.15) is 29.4 Å². The summed E-state index contributed by atoms with van der Waals surface area (Å²) in [5.74, 6) is 5.93. The first-order chi connectivity index (χ1) is 9.47. The summed E-state index contributed by atoms with van der Waals surface area (Å²) in [6.07, 6.45) is 1.81. The highest BCUT2D eigenvalue weighted by Gasteiger charge is 2.14. The van der Waals surface area contributed by atoms with Crippen LogP contribution in [0.25, 0.3) is 0 Å². The molecule has 0 fully saturated rings. The molecule has 6 nitrogen and oxygen atoms in total. The SMILES string of the molecule is CCCc1cc(C(=O)N(C)CCN(C)C)cc(NN)n1. The predicted molar refractivity (Wildman–Crippen MR) is 81.6 cm³/mol. The van der Waals surface area contributed by atoms with E-state index in [1.807, 2.05) is 25.1 Å². The lowest BCUT2D eigenvalue weighted by Gasteiger charge is -2.20. The van der Waals surface area contributed by atoms with E-state index in [0.717, 1.165) is 25.1 Å². The lowest BCUT2D eigenvalue weighted by molar-refractivity contribution is 0.0786. The number of pyridine rings is 1. The lowest BCUT2D eigenvalue weighted by Crippen LogP contribution is -2.33. The minimum absolute atomic E-state index is 0.0110. The molecule has 1 aromatic heterocycles. The molecule has 0 bridgehead atoms. The summed E-state index contributed by atoms with van der Waals surface area (Å²) >= 11 is 0. The molecule has 0 atom stereocenters. The summed E-state index contributed by atoms with van der Waals surface area (Å²) in [4.78, 5) is 20.5. The maximum Gasteiger partial charge on any atom is 0.253 e. The zero-order chi connectivity index (χ0) is 15.1. The zero-order valence-electron chi connectivity index (χ0n) is 12.8. The van der Waals surface area contributed by atoms with E-state index < -0.39 is 0 Å². The number of nitrogen functional groups attached to an aromatic ring is 1. The van der Waals surface area contributed by atoms with E-state index in [-0.39, 0.29) is 5.91 Å². The Balaban J connectivity index is 2.87. The maximum atomic E-state index is 12.4. The van der Waals surface area contributed by atoms with Crippen molar-refractivity contribution in [2.75, 3.05) is 39.7 Å². The topological polar surface area (TPSA) is 74.5 Å². The van der Waals surface area contributed by atoms with E-state index in [9.17, 15) is 4.79 Å². The third kappa shape index (κ3) is 4.79. The van der Waals surface area contributed by atoms with Gasteiger partial charge in [-0.3, -0.25) is 4.79 Å². The largest absolute Gasteiger partial charge is 0.340 e. The van der Waals surface area contributed by atoms with Crippen LogP contribution in [0.4, 0.5) is 5.82 Å². The van der Waals surface area contributed by atoms with Crippen molar-refractivity contribution < 1.29 is 4.79 Å². The van der Waals surface area contributed by atoms with Gasteiger partial charge < -0.3 is 15.2 Å². The molecule has 1 aromatic rings. The molecule has 0 saturated carbocycles. The highest BCUT2D eigenvalue weighted by atomic mass is 16.2. The number of aryl methyl sites for hydroxylation is 1. The number of amides is 1. The van der Waals surface area contributed by atoms with Crippen LogP contribution in [-0.4, -0.2) is 54.9 Å². The number of hydrogen-bond acceptors (Lipinski definition) is 5. The van der Waals surface area contributed by atoms with Crippen LogP contribution >= 0.6 is 0 Å². The quantitative estimate of drug-likeness (QED) is 0.574. The molecule has 0 aromatic carbocycles. The molecule has 0 spiro atoms. The molecule has 20 heavy (non-hydrogen) atoms. The first-order valence-electron chi connectivity index (χ1n) is 6.85. The van der Waals surface area contributed by atoms with Crippen LogP contribution in [0.5, 0.6) is 0 Å². The second-order valence-electron chi connectivity index (χ2n) is 5.16. The van der Waals surface area contributed by atoms with Crippen molar-refractivity contribution in [3.05, 3.63) is 23.4 Å². The molecule has 1 heterocycles. The third-order valence-electron chi connectivity index (χ3n) is 3.01. The number of hydrazine groups is 1. The number of carbonyl (C=O) groups is 1. The van der Waals surface area contributed by atoms with Gasteiger partial charge in [-0.25, -0.2) is 10.8 Å². The number of hydrogen-bond donors (Lipinski definition) is 2. The van der Waals surface area contributed by atoms with E-state index in [1.165, 1.54) is 0 Å². The third-order valence-corrected chi connectivity index (χ3v) is 3.01. The Kier molecular flexibility index (Phi) is 6.41. The average molecular weight is 279 g/mol. The van der Waals surface area contributed by atoms with Gasteiger partial charge in [0, 0.05) is 31.4 Å². The average Bonchev–Trinajstić information content (AvgIpc) is 2.43. The van der Waals surface area contributed by atoms with Gasteiger partial charge in [0.15, 0.2) is 0 Å². The highest BCUT2D eigenvalue weighted by molar-refractivity contribution is 5.94. The van der Waals surface area contributed by atoms with Gasteiger partial charge in [0.1, 0.15) is 5.82 Å². The van der Waals surface area contributed by atoms with Gasteiger partial charge in [-0.15, -0.1) is 0 Å². The Bertz CT molecular complexity index is 447. The van der Waals surface area contributed by atoms with Gasteiger partial charge in [0.2, 0.25) is 0 Å². The highest BCUT2D eigenvalue weighted by Crippen LogP contribution is 2.13. The Morgan fingerprint density at radius 3 is 2.55 bits per heavy atom. The van der Waals surface area contributed by atoms with Gasteiger partial charge >= 0.3 is 0 Å². The fourth-order valence-corrected chi connectivity index (χ4v) is 1.84. The molecule has 1 rings (SSSR count). The Labute approximate surface area is 120 Å². The minimum Gasteiger partial charge on any atom is -0.340 e. The molecule has 0 aliphatic carbocycles. The van der Waals surface area contributed by atoms with Crippen molar-refractivity contribution in [2.24, 2.45) is 5.84 Å². The second-order valence-corrected chi connectivity index (χ2v) is 5.16. The second kappa shape index (κ2) is 7.81. The van der Waals surface area contributed by atoms with Crippen LogP contribution < -0.4 is 11.3 Å². The molecule has 0 radical (unpaired) electrons. The number of likely N-dealkylation sites (N-methyl/N-ethyl adjacent to an activating group) is 2. The van der Waals surface area contributed by atoms with Crippen LogP contribution in [0.2, 0.25) is 0 Å². The van der Waals surface area contributed by atoms with Crippen molar-refractivity contribution in [3.63, 3.8) is 0 Å². The minimum atomic E-state index is -0.0110. The Morgan fingerprint density at radius 2 is 2.00 bits per heavy atom. The van der Waals surface area contributed by atoms with E-state index in [4.69, 9.17) is 5.84 Å². The van der Waals surface area contributed by atoms with E-state index in [2.05, 4.69) is 17.3 Å².